The summed E-state index contributed by atoms with van der Waals surface area (Å²) in [5, 5.41) is 10.3. The van der Waals surface area contributed by atoms with E-state index in [4.69, 9.17) is 4.74 Å². The van der Waals surface area contributed by atoms with Crippen molar-refractivity contribution in [2.24, 2.45) is 0 Å². The van der Waals surface area contributed by atoms with Crippen LogP contribution in [0.2, 0.25) is 0 Å². The lowest BCUT2D eigenvalue weighted by atomic mass is 10.1. The van der Waals surface area contributed by atoms with Gasteiger partial charge in [0, 0.05) is 6.92 Å². The second kappa shape index (κ2) is 5.75. The van der Waals surface area contributed by atoms with Crippen molar-refractivity contribution >= 4 is 5.97 Å². The van der Waals surface area contributed by atoms with Crippen molar-refractivity contribution in [1.29, 1.82) is 0 Å². The van der Waals surface area contributed by atoms with Gasteiger partial charge in [0.15, 0.2) is 0 Å². The number of esters is 1. The number of nitrogens with zero attached hydrogens (tertiary/aromatic N) is 1. The molecule has 0 spiro atoms. The molecule has 0 aliphatic heterocycles. The average Bonchev–Trinajstić information content (AvgIpc) is 2.16. The van der Waals surface area contributed by atoms with Gasteiger partial charge in [0.05, 0.1) is 6.10 Å². The van der Waals surface area contributed by atoms with Gasteiger partial charge in [-0.3, -0.25) is 14.9 Å². The predicted octanol–water partition coefficient (Wildman–Crippen LogP) is 1.60. The van der Waals surface area contributed by atoms with E-state index in [9.17, 15) is 14.9 Å². The van der Waals surface area contributed by atoms with E-state index in [1.54, 1.807) is 0 Å². The Morgan fingerprint density at radius 1 is 1.50 bits per heavy atom. The zero-order chi connectivity index (χ0) is 12.0. The number of carbonyl (C=O) groups is 1. The highest BCUT2D eigenvalue weighted by Gasteiger charge is 2.09. The van der Waals surface area contributed by atoms with Gasteiger partial charge >= 0.3 is 5.97 Å². The third-order valence-electron chi connectivity index (χ3n) is 1.89. The Hall–Kier alpha value is -2.04. The lowest BCUT2D eigenvalue weighted by Gasteiger charge is -2.20. The molecule has 16 heavy (non-hydrogen) atoms. The topological polar surface area (TPSA) is 69.4 Å². The largest absolute Gasteiger partial charge is 0.487 e. The van der Waals surface area contributed by atoms with Crippen molar-refractivity contribution in [1.82, 2.24) is 0 Å². The molecule has 0 aliphatic rings. The minimum Gasteiger partial charge on any atom is -0.487 e. The second-order valence-electron chi connectivity index (χ2n) is 3.27. The van der Waals surface area contributed by atoms with Crippen LogP contribution in [0.1, 0.15) is 12.5 Å². The molecule has 1 aromatic carbocycles. The monoisotopic (exact) mass is 222 g/mol. The van der Waals surface area contributed by atoms with E-state index in [1.165, 1.54) is 6.92 Å². The molecule has 0 fully saturated rings. The van der Waals surface area contributed by atoms with Gasteiger partial charge in [-0.2, -0.15) is 0 Å². The molecule has 0 N–H and O–H groups in total. The first-order valence-electron chi connectivity index (χ1n) is 4.77. The van der Waals surface area contributed by atoms with Crippen molar-refractivity contribution in [3.8, 4) is 0 Å². The van der Waals surface area contributed by atoms with E-state index >= 15 is 0 Å². The number of carbonyl (C=O) groups excluding carboxylic acids is 1. The van der Waals surface area contributed by atoms with Crippen LogP contribution in [-0.4, -0.2) is 17.0 Å². The maximum Gasteiger partial charge on any atom is 0.300 e. The van der Waals surface area contributed by atoms with Crippen molar-refractivity contribution in [3.63, 3.8) is 0 Å². The molecule has 0 radical (unpaired) electrons. The molecule has 1 atom stereocenters. The Kier molecular flexibility index (Phi) is 4.32. The fourth-order valence-corrected chi connectivity index (χ4v) is 1.32. The van der Waals surface area contributed by atoms with Crippen molar-refractivity contribution in [3.05, 3.63) is 52.6 Å². The average molecular weight is 222 g/mol. The second-order valence-corrected chi connectivity index (χ2v) is 3.27. The van der Waals surface area contributed by atoms with Crippen LogP contribution in [0.15, 0.2) is 30.3 Å². The molecule has 0 heterocycles. The summed E-state index contributed by atoms with van der Waals surface area (Å²) in [7, 11) is 0. The van der Waals surface area contributed by atoms with E-state index in [0.717, 1.165) is 12.1 Å². The van der Waals surface area contributed by atoms with Gasteiger partial charge < -0.3 is 4.74 Å². The Labute approximate surface area is 93.2 Å². The molecule has 0 bridgehead atoms. The molecule has 86 valence electrons. The van der Waals surface area contributed by atoms with E-state index in [0.29, 0.717) is 6.42 Å². The third-order valence-corrected chi connectivity index (χ3v) is 1.89. The fourth-order valence-electron chi connectivity index (χ4n) is 1.32. The lowest BCUT2D eigenvalue weighted by molar-refractivity contribution is -0.446. The van der Waals surface area contributed by atoms with Crippen LogP contribution in [0.4, 0.5) is 0 Å². The van der Waals surface area contributed by atoms with E-state index < -0.39 is 17.0 Å². The third kappa shape index (κ3) is 4.45. The van der Waals surface area contributed by atoms with Gasteiger partial charge in [-0.1, -0.05) is 30.3 Å². The maximum atomic E-state index is 10.8. The molecule has 0 saturated heterocycles. The smallest absolute Gasteiger partial charge is 0.300 e. The zero-order valence-electron chi connectivity index (χ0n) is 8.83. The zero-order valence-corrected chi connectivity index (χ0v) is 8.83. The van der Waals surface area contributed by atoms with E-state index in [2.05, 4.69) is 0 Å². The van der Waals surface area contributed by atoms with Gasteiger partial charge in [-0.05, 0) is 18.5 Å². The number of hydrogen-bond acceptors (Lipinski definition) is 4. The van der Waals surface area contributed by atoms with Gasteiger partial charge in [0.2, 0.25) is 0 Å². The standard InChI is InChI=1S/C11H12NO4/c1-9(13)16-11(8-12(14)15)7-10-5-3-2-4-6-10/h2-6,8,11H,7H2,1H3/q-1. The fraction of sp³-hybridized carbons (Fsp3) is 0.273. The number of rotatable bonds is 5. The minimum atomic E-state index is -0.824. The summed E-state index contributed by atoms with van der Waals surface area (Å²) in [4.78, 5) is 20.5. The highest BCUT2D eigenvalue weighted by atomic mass is 16.6. The number of nitro groups is 1. The molecule has 5 heteroatoms. The minimum absolute atomic E-state index is 0.307. The molecule has 1 rings (SSSR count). The maximum absolute atomic E-state index is 10.8. The van der Waals surface area contributed by atoms with Gasteiger partial charge in [0.25, 0.3) is 0 Å². The van der Waals surface area contributed by atoms with Crippen LogP contribution in [0.5, 0.6) is 0 Å². The molecular weight excluding hydrogens is 210 g/mol. The van der Waals surface area contributed by atoms with Crippen molar-refractivity contribution in [2.75, 3.05) is 0 Å². The SMILES string of the molecule is CC(=O)OC([CH-][N+](=O)[O-])Cc1ccccc1. The highest BCUT2D eigenvalue weighted by Crippen LogP contribution is 2.09. The molecular formula is C11H12NO4-. The molecule has 1 aromatic rings. The summed E-state index contributed by atoms with van der Waals surface area (Å²) in [6, 6.07) is 9.15. The lowest BCUT2D eigenvalue weighted by Crippen LogP contribution is -2.23. The summed E-state index contributed by atoms with van der Waals surface area (Å²) in [6.45, 7) is 2.01. The molecule has 0 aliphatic carbocycles. The van der Waals surface area contributed by atoms with Crippen LogP contribution in [0.3, 0.4) is 0 Å². The van der Waals surface area contributed by atoms with Crippen LogP contribution in [0.25, 0.3) is 0 Å². The van der Waals surface area contributed by atoms with Crippen molar-refractivity contribution < 1.29 is 14.5 Å². The molecule has 0 aromatic heterocycles. The quantitative estimate of drug-likeness (QED) is 0.328. The van der Waals surface area contributed by atoms with Gasteiger partial charge in [-0.25, -0.2) is 0 Å². The Bertz CT molecular complexity index is 348. The first-order chi connectivity index (χ1) is 7.58. The van der Waals surface area contributed by atoms with Crippen LogP contribution in [-0.2, 0) is 16.0 Å². The summed E-state index contributed by atoms with van der Waals surface area (Å²) in [5.74, 6) is -0.529. The van der Waals surface area contributed by atoms with Crippen molar-refractivity contribution in [2.45, 2.75) is 19.4 Å². The first kappa shape index (κ1) is 12.0. The Balaban J connectivity index is 2.63. The van der Waals surface area contributed by atoms with Crippen LogP contribution in [0, 0.1) is 16.7 Å². The Morgan fingerprint density at radius 3 is 2.62 bits per heavy atom. The summed E-state index contributed by atoms with van der Waals surface area (Å²) in [5.41, 5.74) is 0.881. The number of ether oxygens (including phenoxy) is 1. The van der Waals surface area contributed by atoms with Crippen LogP contribution >= 0.6 is 0 Å². The molecule has 1 unspecified atom stereocenters. The summed E-state index contributed by atoms with van der Waals surface area (Å²) < 4.78 is 4.83. The van der Waals surface area contributed by atoms with Crippen LogP contribution < -0.4 is 0 Å². The van der Waals surface area contributed by atoms with E-state index in [-0.39, 0.29) is 0 Å². The van der Waals surface area contributed by atoms with Gasteiger partial charge in [0.1, 0.15) is 0 Å². The summed E-state index contributed by atoms with van der Waals surface area (Å²) >= 11 is 0. The highest BCUT2D eigenvalue weighted by molar-refractivity contribution is 5.66. The first-order valence-corrected chi connectivity index (χ1v) is 4.77. The molecule has 0 amide bonds. The number of benzene rings is 1. The Morgan fingerprint density at radius 2 is 2.12 bits per heavy atom. The van der Waals surface area contributed by atoms with Gasteiger partial charge in [-0.15, -0.1) is 4.92 Å². The normalized spacial score (nSPS) is 11.6. The predicted molar refractivity (Wildman–Crippen MR) is 57.0 cm³/mol. The number of hydrogen-bond donors (Lipinski definition) is 0. The summed E-state index contributed by atoms with van der Waals surface area (Å²) in [6.07, 6.45) is -0.517. The molecule has 5 nitrogen and oxygen atoms in total. The molecule has 0 saturated carbocycles. The van der Waals surface area contributed by atoms with E-state index in [1.807, 2.05) is 30.3 Å².